The Hall–Kier alpha value is -12.9. The summed E-state index contributed by atoms with van der Waals surface area (Å²) in [5.74, 6) is 0. The predicted octanol–water partition coefficient (Wildman–Crippen LogP) is 34.8. The van der Waals surface area contributed by atoms with E-state index in [2.05, 4.69) is 452 Å². The summed E-state index contributed by atoms with van der Waals surface area (Å²) in [5, 5.41) is 12.7. The molecule has 0 unspecified atom stereocenters. The molecule has 0 amide bonds. The first-order chi connectivity index (χ1) is 62.6. The fraction of sp³-hybridized carbons (Fsp3) is 0.164. The van der Waals surface area contributed by atoms with Crippen molar-refractivity contribution in [2.24, 2.45) is 0 Å². The molecule has 0 aliphatic carbocycles. The zero-order valence-corrected chi connectivity index (χ0v) is 79.6. The number of rotatable bonds is 9. The Balaban J connectivity index is 0.893. The van der Waals surface area contributed by atoms with Crippen LogP contribution in [-0.2, 0) is 27.1 Å². The van der Waals surface area contributed by atoms with E-state index in [9.17, 15) is 0 Å². The van der Waals surface area contributed by atoms with Gasteiger partial charge in [0.05, 0.1) is 28.1 Å². The van der Waals surface area contributed by atoms with Crippen LogP contribution in [0.2, 0.25) is 0 Å². The molecule has 0 saturated heterocycles. The highest BCUT2D eigenvalue weighted by molar-refractivity contribution is 7.27. The molecule has 2 aliphatic heterocycles. The summed E-state index contributed by atoms with van der Waals surface area (Å²) in [6.07, 6.45) is 0. The Morgan fingerprint density at radius 3 is 0.862 bits per heavy atom. The van der Waals surface area contributed by atoms with E-state index in [1.165, 1.54) is 158 Å². The van der Waals surface area contributed by atoms with Gasteiger partial charge < -0.3 is 14.4 Å². The molecule has 0 spiro atoms. The van der Waals surface area contributed by atoms with Gasteiger partial charge in [0.1, 0.15) is 0 Å². The maximum absolute atomic E-state index is 2.79. The lowest BCUT2D eigenvalue weighted by Crippen LogP contribution is -2.61. The molecule has 0 radical (unpaired) electrons. The molecule has 0 N–H and O–H groups in total. The molecule has 0 bridgehead atoms. The molecule has 0 fully saturated rings. The molecular weight excluding hydrogens is 1650 g/mol. The summed E-state index contributed by atoms with van der Waals surface area (Å²) in [5.41, 5.74) is 33.7. The number of hydrogen-bond acceptors (Lipinski definition) is 6. The van der Waals surface area contributed by atoms with E-state index in [4.69, 9.17) is 0 Å². The van der Waals surface area contributed by atoms with E-state index in [1.54, 1.807) is 0 Å². The van der Waals surface area contributed by atoms with E-state index >= 15 is 0 Å². The monoisotopic (exact) mass is 1750 g/mol. The van der Waals surface area contributed by atoms with E-state index in [1.807, 2.05) is 45.3 Å². The van der Waals surface area contributed by atoms with Crippen LogP contribution in [0.1, 0.15) is 132 Å². The number of anilines is 6. The minimum atomic E-state index is -0.356. The maximum Gasteiger partial charge on any atom is 0.252 e. The van der Waals surface area contributed by atoms with Crippen molar-refractivity contribution in [3.05, 3.63) is 361 Å². The lowest BCUT2D eigenvalue weighted by atomic mass is 9.33. The van der Waals surface area contributed by atoms with Gasteiger partial charge in [0.25, 0.3) is 6.71 Å². The molecule has 7 heterocycles. The van der Waals surface area contributed by atoms with Crippen LogP contribution < -0.4 is 26.2 Å². The molecule has 22 aromatic rings. The second-order valence-corrected chi connectivity index (χ2v) is 46.0. The third-order valence-electron chi connectivity index (χ3n) is 28.1. The van der Waals surface area contributed by atoms with Crippen molar-refractivity contribution < 1.29 is 0 Å². The van der Waals surface area contributed by atoms with Gasteiger partial charge in [0.15, 0.2) is 0 Å². The number of nitrogens with zero attached hydrogens (tertiary/aromatic N) is 3. The van der Waals surface area contributed by atoms with Crippen LogP contribution in [-0.4, -0.2) is 11.3 Å². The van der Waals surface area contributed by atoms with Crippen LogP contribution in [0.15, 0.2) is 334 Å². The number of aromatic nitrogens is 1. The van der Waals surface area contributed by atoms with E-state index in [-0.39, 0.29) is 33.8 Å². The van der Waals surface area contributed by atoms with Crippen molar-refractivity contribution in [1.29, 1.82) is 0 Å². The van der Waals surface area contributed by atoms with Crippen molar-refractivity contribution in [1.82, 2.24) is 4.57 Å². The van der Waals surface area contributed by atoms with Gasteiger partial charge in [0.2, 0.25) is 0 Å². The molecule has 2 aliphatic rings. The van der Waals surface area contributed by atoms with E-state index < -0.39 is 0 Å². The topological polar surface area (TPSA) is 11.4 Å². The first kappa shape index (κ1) is 80.4. The summed E-state index contributed by atoms with van der Waals surface area (Å²) in [4.78, 5) is 5.58. The van der Waals surface area contributed by atoms with Crippen molar-refractivity contribution in [2.45, 2.75) is 131 Å². The van der Waals surface area contributed by atoms with Crippen molar-refractivity contribution in [2.75, 3.05) is 9.80 Å². The minimum absolute atomic E-state index is 0.110. The molecule has 630 valence electrons. The molecule has 24 rings (SSSR count). The molecule has 5 aromatic heterocycles. The number of hydrogen-bond donors (Lipinski definition) is 0. The van der Waals surface area contributed by atoms with Crippen molar-refractivity contribution in [3.63, 3.8) is 0 Å². The molecule has 8 heteroatoms. The summed E-state index contributed by atoms with van der Waals surface area (Å²) >= 11 is 7.56. The van der Waals surface area contributed by atoms with Crippen LogP contribution in [0.4, 0.5) is 34.1 Å². The van der Waals surface area contributed by atoms with E-state index in [0.29, 0.717) is 0 Å². The summed E-state index contributed by atoms with van der Waals surface area (Å²) in [6, 6.07) is 132. The van der Waals surface area contributed by atoms with Gasteiger partial charge in [-0.1, -0.05) is 347 Å². The SMILES string of the molecule is CC(C)(C)c1cc(-c2ccc3c(c2)B2c4cc(-c5cc(C(C)(C)C)cc(C(C)(C)C)c5)ccc4N(c4c(-c5ccc6c(c5)sc5ccccc56)cccc4-c4ccc5c(c4)sc4ccccc45)c4cc(-n5c6ccccc6c6cc(C(C)(C)C)ccc65)cc(c42)N3c2c(-c3ccc4c(c3)sc3ccccc34)cccc2-c2ccc3c(c2)sc2ccccc23)cc(C(C)(C)C)c1. The molecule has 130 heavy (non-hydrogen) atoms. The Kier molecular flexibility index (Phi) is 18.1. The van der Waals surface area contributed by atoms with Gasteiger partial charge >= 0.3 is 0 Å². The maximum atomic E-state index is 2.79. The Morgan fingerprint density at radius 2 is 0.515 bits per heavy atom. The fourth-order valence-corrected chi connectivity index (χ4v) is 25.7. The second kappa shape index (κ2) is 29.3. The third kappa shape index (κ3) is 13.0. The fourth-order valence-electron chi connectivity index (χ4n) is 21.1. The average Bonchev–Trinajstić information content (AvgIpc) is 0.837. The summed E-state index contributed by atoms with van der Waals surface area (Å²) in [7, 11) is 0. The molecule has 3 nitrogen and oxygen atoms in total. The summed E-state index contributed by atoms with van der Waals surface area (Å²) < 4.78 is 12.8. The normalized spacial score (nSPS) is 13.3. The zero-order chi connectivity index (χ0) is 88.7. The number of benzene rings is 17. The number of fused-ring (bicyclic) bond motifs is 19. The molecule has 17 aromatic carbocycles. The summed E-state index contributed by atoms with van der Waals surface area (Å²) in [6.45, 7) is 35.2. The third-order valence-corrected chi connectivity index (χ3v) is 32.7. The smallest absolute Gasteiger partial charge is 0.252 e. The average molecular weight is 1750 g/mol. The Labute approximate surface area is 777 Å². The highest BCUT2D eigenvalue weighted by Gasteiger charge is 2.47. The highest BCUT2D eigenvalue weighted by Crippen LogP contribution is 2.57. The predicted molar refractivity (Wildman–Crippen MR) is 572 cm³/mol. The Morgan fingerprint density at radius 1 is 0.208 bits per heavy atom. The first-order valence-electron chi connectivity index (χ1n) is 45.9. The molecular formula is C122H100BN3S4. The number of para-hydroxylation sites is 3. The lowest BCUT2D eigenvalue weighted by Gasteiger charge is -2.46. The Bertz CT molecular complexity index is 7790. The highest BCUT2D eigenvalue weighted by atomic mass is 32.1. The van der Waals surface area contributed by atoms with Crippen molar-refractivity contribution >= 4 is 205 Å². The largest absolute Gasteiger partial charge is 0.310 e. The van der Waals surface area contributed by atoms with E-state index in [0.717, 1.165) is 95.4 Å². The van der Waals surface area contributed by atoms with Crippen LogP contribution >= 0.6 is 45.3 Å². The van der Waals surface area contributed by atoms with Crippen LogP contribution in [0.3, 0.4) is 0 Å². The molecule has 0 saturated carbocycles. The van der Waals surface area contributed by atoms with Crippen LogP contribution in [0.25, 0.3) is 175 Å². The van der Waals surface area contributed by atoms with Gasteiger partial charge in [-0.3, -0.25) is 0 Å². The van der Waals surface area contributed by atoms with Gasteiger partial charge in [-0.2, -0.15) is 0 Å². The van der Waals surface area contributed by atoms with Crippen molar-refractivity contribution in [3.8, 4) is 72.4 Å². The number of thiophene rings is 4. The standard InChI is InChI=1S/C122H100BN3S4/c1-118(2,3)79-48-55-102-98(68-79)89-28-16-21-37-101(89)124(102)84-69-105-115-106(70-84)126(117-87(75-44-51-96-92-31-19-24-40-109(92)129-113(96)64-75)35-27-36-88(117)76-45-52-97-93-32-20-25-41-110(93)130-114(97)65-76)104-54-47-72(78-58-82(121(10,11)12)67-83(59-78)122(13,14)15)61-100(104)123(115)99-60-71(77-56-80(119(4,5)6)66-81(57-77)120(7,8)9)46-53-103(99)125(105)116-85(73-42-49-94-90-29-17-22-38-107(90)127-111(94)62-73)33-26-34-86(116)74-43-50-95-91-30-18-23-39-108(91)128-112(95)63-74/h16-70H,1-15H3. The van der Waals surface area contributed by atoms with Crippen LogP contribution in [0, 0.1) is 0 Å². The van der Waals surface area contributed by atoms with Gasteiger partial charge in [-0.05, 0) is 207 Å². The second-order valence-electron chi connectivity index (χ2n) is 41.6. The quantitative estimate of drug-likeness (QED) is 0.133. The van der Waals surface area contributed by atoms with Gasteiger partial charge in [-0.15, -0.1) is 45.3 Å². The van der Waals surface area contributed by atoms with Gasteiger partial charge in [0, 0.05) is 136 Å². The minimum Gasteiger partial charge on any atom is -0.310 e. The zero-order valence-electron chi connectivity index (χ0n) is 76.3. The lowest BCUT2D eigenvalue weighted by molar-refractivity contribution is 0.568. The first-order valence-corrected chi connectivity index (χ1v) is 49.2. The van der Waals surface area contributed by atoms with Gasteiger partial charge in [-0.25, -0.2) is 0 Å². The van der Waals surface area contributed by atoms with Crippen LogP contribution in [0.5, 0.6) is 0 Å². The molecule has 0 atom stereocenters.